The van der Waals surface area contributed by atoms with Crippen molar-refractivity contribution in [3.63, 3.8) is 0 Å². The Morgan fingerprint density at radius 2 is 2.25 bits per heavy atom. The van der Waals surface area contributed by atoms with Crippen molar-refractivity contribution in [1.82, 2.24) is 14.1 Å². The summed E-state index contributed by atoms with van der Waals surface area (Å²) < 4.78 is 26.6. The standard InChI is InChI=1S/C9H17N3O3S/c1-8(13)5-7-11(2)16(14,15)9-4-6-10-12(9)3/h4,6,8,13H,5,7H2,1-3H3. The summed E-state index contributed by atoms with van der Waals surface area (Å²) in [5.41, 5.74) is 0. The van der Waals surface area contributed by atoms with Crippen LogP contribution in [0.15, 0.2) is 17.3 Å². The quantitative estimate of drug-likeness (QED) is 0.782. The number of aromatic nitrogens is 2. The third-order valence-electron chi connectivity index (χ3n) is 2.31. The minimum Gasteiger partial charge on any atom is -0.393 e. The van der Waals surface area contributed by atoms with Gasteiger partial charge in [0.15, 0.2) is 5.03 Å². The minimum atomic E-state index is -3.50. The van der Waals surface area contributed by atoms with E-state index in [0.29, 0.717) is 6.42 Å². The first-order valence-electron chi connectivity index (χ1n) is 4.98. The van der Waals surface area contributed by atoms with E-state index in [1.165, 1.54) is 28.3 Å². The van der Waals surface area contributed by atoms with Crippen LogP contribution in [0.4, 0.5) is 0 Å². The average molecular weight is 247 g/mol. The number of nitrogens with zero attached hydrogens (tertiary/aromatic N) is 3. The molecule has 0 amide bonds. The van der Waals surface area contributed by atoms with Gasteiger partial charge in [0.25, 0.3) is 10.0 Å². The molecule has 0 aliphatic heterocycles. The average Bonchev–Trinajstić information content (AvgIpc) is 2.61. The number of sulfonamides is 1. The highest BCUT2D eigenvalue weighted by atomic mass is 32.2. The Labute approximate surface area is 95.5 Å². The summed E-state index contributed by atoms with van der Waals surface area (Å²) in [4.78, 5) is 0. The van der Waals surface area contributed by atoms with Crippen LogP contribution in [0.5, 0.6) is 0 Å². The van der Waals surface area contributed by atoms with Crippen molar-refractivity contribution in [2.75, 3.05) is 13.6 Å². The number of aryl methyl sites for hydroxylation is 1. The van der Waals surface area contributed by atoms with Crippen molar-refractivity contribution in [3.8, 4) is 0 Å². The molecule has 1 aromatic rings. The topological polar surface area (TPSA) is 75.4 Å². The number of hydrogen-bond donors (Lipinski definition) is 1. The van der Waals surface area contributed by atoms with Gasteiger partial charge in [0.05, 0.1) is 12.3 Å². The van der Waals surface area contributed by atoms with Crippen LogP contribution < -0.4 is 0 Å². The van der Waals surface area contributed by atoms with E-state index in [0.717, 1.165) is 0 Å². The van der Waals surface area contributed by atoms with Crippen molar-refractivity contribution in [2.24, 2.45) is 7.05 Å². The molecule has 1 rings (SSSR count). The number of aliphatic hydroxyl groups excluding tert-OH is 1. The molecule has 0 aliphatic carbocycles. The van der Waals surface area contributed by atoms with E-state index in [9.17, 15) is 8.42 Å². The first kappa shape index (κ1) is 13.1. The zero-order chi connectivity index (χ0) is 12.3. The van der Waals surface area contributed by atoms with Crippen LogP contribution in [-0.2, 0) is 17.1 Å². The van der Waals surface area contributed by atoms with E-state index < -0.39 is 16.1 Å². The molecule has 1 N–H and O–H groups in total. The Balaban J connectivity index is 2.83. The lowest BCUT2D eigenvalue weighted by Gasteiger charge is -2.17. The van der Waals surface area contributed by atoms with Crippen molar-refractivity contribution >= 4 is 10.0 Å². The number of rotatable bonds is 5. The largest absolute Gasteiger partial charge is 0.393 e. The lowest BCUT2D eigenvalue weighted by atomic mass is 10.3. The maximum Gasteiger partial charge on any atom is 0.259 e. The predicted octanol–water partition coefficient (Wildman–Crippen LogP) is -0.189. The predicted molar refractivity (Wildman–Crippen MR) is 59.3 cm³/mol. The van der Waals surface area contributed by atoms with Crippen LogP contribution in [0, 0.1) is 0 Å². The Kier molecular flexibility index (Phi) is 4.06. The van der Waals surface area contributed by atoms with Crippen molar-refractivity contribution in [2.45, 2.75) is 24.5 Å². The van der Waals surface area contributed by atoms with Gasteiger partial charge in [-0.2, -0.15) is 9.40 Å². The Morgan fingerprint density at radius 1 is 1.62 bits per heavy atom. The molecule has 1 unspecified atom stereocenters. The number of aliphatic hydroxyl groups is 1. The lowest BCUT2D eigenvalue weighted by Crippen LogP contribution is -2.30. The van der Waals surface area contributed by atoms with Crippen LogP contribution in [0.3, 0.4) is 0 Å². The molecule has 16 heavy (non-hydrogen) atoms. The second-order valence-corrected chi connectivity index (χ2v) is 5.75. The third-order valence-corrected chi connectivity index (χ3v) is 4.24. The number of hydrogen-bond acceptors (Lipinski definition) is 4. The molecule has 1 atom stereocenters. The lowest BCUT2D eigenvalue weighted by molar-refractivity contribution is 0.177. The van der Waals surface area contributed by atoms with Crippen LogP contribution in [0.1, 0.15) is 13.3 Å². The molecule has 0 radical (unpaired) electrons. The Bertz CT molecular complexity index is 439. The molecule has 0 saturated carbocycles. The normalized spacial score (nSPS) is 14.3. The minimum absolute atomic E-state index is 0.153. The molecule has 0 spiro atoms. The summed E-state index contributed by atoms with van der Waals surface area (Å²) in [5.74, 6) is 0. The molecule has 0 aliphatic rings. The molecule has 92 valence electrons. The monoisotopic (exact) mass is 247 g/mol. The summed E-state index contributed by atoms with van der Waals surface area (Å²) in [5, 5.41) is 13.1. The molecular weight excluding hydrogens is 230 g/mol. The fourth-order valence-electron chi connectivity index (χ4n) is 1.26. The van der Waals surface area contributed by atoms with E-state index in [-0.39, 0.29) is 11.6 Å². The molecule has 1 heterocycles. The molecule has 0 bridgehead atoms. The molecule has 1 aromatic heterocycles. The maximum atomic E-state index is 12.0. The first-order valence-corrected chi connectivity index (χ1v) is 6.42. The van der Waals surface area contributed by atoms with Gasteiger partial charge >= 0.3 is 0 Å². The van der Waals surface area contributed by atoms with Gasteiger partial charge in [-0.15, -0.1) is 0 Å². The van der Waals surface area contributed by atoms with Crippen molar-refractivity contribution in [1.29, 1.82) is 0 Å². The zero-order valence-corrected chi connectivity index (χ0v) is 10.5. The van der Waals surface area contributed by atoms with Crippen LogP contribution >= 0.6 is 0 Å². The summed E-state index contributed by atoms with van der Waals surface area (Å²) in [6.45, 7) is 1.91. The van der Waals surface area contributed by atoms with Crippen LogP contribution in [-0.4, -0.2) is 47.3 Å². The second-order valence-electron chi connectivity index (χ2n) is 3.76. The smallest absolute Gasteiger partial charge is 0.259 e. The van der Waals surface area contributed by atoms with E-state index in [1.54, 1.807) is 14.0 Å². The summed E-state index contributed by atoms with van der Waals surface area (Å²) >= 11 is 0. The summed E-state index contributed by atoms with van der Waals surface area (Å²) in [6, 6.07) is 1.45. The van der Waals surface area contributed by atoms with E-state index in [2.05, 4.69) is 5.10 Å². The second kappa shape index (κ2) is 4.94. The molecule has 0 aromatic carbocycles. The van der Waals surface area contributed by atoms with Gasteiger partial charge in [0, 0.05) is 20.6 Å². The fourth-order valence-corrected chi connectivity index (χ4v) is 2.54. The highest BCUT2D eigenvalue weighted by Gasteiger charge is 2.23. The molecule has 7 heteroatoms. The van der Waals surface area contributed by atoms with E-state index in [1.807, 2.05) is 0 Å². The maximum absolute atomic E-state index is 12.0. The van der Waals surface area contributed by atoms with Gasteiger partial charge in [0.1, 0.15) is 0 Å². The van der Waals surface area contributed by atoms with Gasteiger partial charge < -0.3 is 5.11 Å². The Morgan fingerprint density at radius 3 is 2.69 bits per heavy atom. The van der Waals surface area contributed by atoms with E-state index in [4.69, 9.17) is 5.11 Å². The van der Waals surface area contributed by atoms with E-state index >= 15 is 0 Å². The molecular formula is C9H17N3O3S. The fraction of sp³-hybridized carbons (Fsp3) is 0.667. The molecule has 0 saturated heterocycles. The van der Waals surface area contributed by atoms with Gasteiger partial charge in [-0.05, 0) is 19.4 Å². The summed E-state index contributed by atoms with van der Waals surface area (Å²) in [7, 11) is -0.430. The summed E-state index contributed by atoms with van der Waals surface area (Å²) in [6.07, 6.45) is 1.34. The van der Waals surface area contributed by atoms with Gasteiger partial charge in [-0.25, -0.2) is 8.42 Å². The zero-order valence-electron chi connectivity index (χ0n) is 9.66. The van der Waals surface area contributed by atoms with Crippen LogP contribution in [0.2, 0.25) is 0 Å². The Hall–Kier alpha value is -0.920. The van der Waals surface area contributed by atoms with Crippen LogP contribution in [0.25, 0.3) is 0 Å². The SMILES string of the molecule is CC(O)CCN(C)S(=O)(=O)c1ccnn1C. The third kappa shape index (κ3) is 2.81. The van der Waals surface area contributed by atoms with Gasteiger partial charge in [-0.3, -0.25) is 4.68 Å². The van der Waals surface area contributed by atoms with Gasteiger partial charge in [-0.1, -0.05) is 0 Å². The van der Waals surface area contributed by atoms with Gasteiger partial charge in [0.2, 0.25) is 0 Å². The first-order chi connectivity index (χ1) is 7.35. The highest BCUT2D eigenvalue weighted by molar-refractivity contribution is 7.89. The van der Waals surface area contributed by atoms with Crippen molar-refractivity contribution in [3.05, 3.63) is 12.3 Å². The highest BCUT2D eigenvalue weighted by Crippen LogP contribution is 2.13. The molecule has 0 fully saturated rings. The molecule has 6 nitrogen and oxygen atoms in total. The van der Waals surface area contributed by atoms with Crippen molar-refractivity contribution < 1.29 is 13.5 Å².